The van der Waals surface area contributed by atoms with Crippen molar-refractivity contribution in [2.75, 3.05) is 19.8 Å². The lowest BCUT2D eigenvalue weighted by molar-refractivity contribution is 0.121. The minimum Gasteiger partial charge on any atom is -0.381 e. The van der Waals surface area contributed by atoms with Gasteiger partial charge in [0.05, 0.1) is 0 Å². The molecule has 0 aromatic carbocycles. The van der Waals surface area contributed by atoms with Gasteiger partial charge in [-0.25, -0.2) is 0 Å². The van der Waals surface area contributed by atoms with Crippen LogP contribution in [0.25, 0.3) is 0 Å². The minimum atomic E-state index is 0.627. The SMILES string of the molecule is C1=CC(NCCCOCC2CC2)CCC1. The molecule has 2 rings (SSSR count). The fraction of sp³-hybridized carbons (Fsp3) is 0.846. The van der Waals surface area contributed by atoms with Crippen LogP contribution in [0.2, 0.25) is 0 Å². The number of hydrogen-bond acceptors (Lipinski definition) is 2. The zero-order chi connectivity index (χ0) is 10.3. The van der Waals surface area contributed by atoms with E-state index >= 15 is 0 Å². The summed E-state index contributed by atoms with van der Waals surface area (Å²) in [6, 6.07) is 0.627. The quantitative estimate of drug-likeness (QED) is 0.514. The third-order valence-corrected chi connectivity index (χ3v) is 3.18. The summed E-state index contributed by atoms with van der Waals surface area (Å²) in [7, 11) is 0. The Labute approximate surface area is 93.1 Å². The maximum Gasteiger partial charge on any atom is 0.0494 e. The van der Waals surface area contributed by atoms with Crippen molar-refractivity contribution in [1.29, 1.82) is 0 Å². The molecular weight excluding hydrogens is 186 g/mol. The van der Waals surface area contributed by atoms with Gasteiger partial charge in [-0.3, -0.25) is 0 Å². The lowest BCUT2D eigenvalue weighted by Gasteiger charge is -2.17. The summed E-state index contributed by atoms with van der Waals surface area (Å²) in [5.74, 6) is 0.902. The van der Waals surface area contributed by atoms with E-state index in [0.29, 0.717) is 6.04 Å². The van der Waals surface area contributed by atoms with Crippen molar-refractivity contribution in [3.8, 4) is 0 Å². The Hall–Kier alpha value is -0.340. The molecular formula is C13H23NO. The van der Waals surface area contributed by atoms with Crippen LogP contribution in [-0.4, -0.2) is 25.8 Å². The van der Waals surface area contributed by atoms with E-state index in [-0.39, 0.29) is 0 Å². The lowest BCUT2D eigenvalue weighted by Crippen LogP contribution is -2.29. The second-order valence-electron chi connectivity index (χ2n) is 4.79. The Morgan fingerprint density at radius 2 is 2.20 bits per heavy atom. The van der Waals surface area contributed by atoms with Gasteiger partial charge in [-0.05, 0) is 51.0 Å². The van der Waals surface area contributed by atoms with E-state index in [9.17, 15) is 0 Å². The predicted octanol–water partition coefficient (Wildman–Crippen LogP) is 2.50. The Kier molecular flexibility index (Phi) is 4.68. The summed E-state index contributed by atoms with van der Waals surface area (Å²) in [4.78, 5) is 0. The monoisotopic (exact) mass is 209 g/mol. The van der Waals surface area contributed by atoms with Crippen LogP contribution in [0.4, 0.5) is 0 Å². The molecule has 1 unspecified atom stereocenters. The molecule has 0 saturated heterocycles. The summed E-state index contributed by atoms with van der Waals surface area (Å²) in [6.07, 6.45) is 12.5. The maximum atomic E-state index is 5.59. The van der Waals surface area contributed by atoms with Crippen LogP contribution in [0.1, 0.15) is 38.5 Å². The summed E-state index contributed by atoms with van der Waals surface area (Å²) in [6.45, 7) is 3.03. The topological polar surface area (TPSA) is 21.3 Å². The normalized spacial score (nSPS) is 25.7. The number of nitrogens with one attached hydrogen (secondary N) is 1. The number of hydrogen-bond donors (Lipinski definition) is 1. The van der Waals surface area contributed by atoms with Gasteiger partial charge in [0.1, 0.15) is 0 Å². The van der Waals surface area contributed by atoms with E-state index < -0.39 is 0 Å². The molecule has 2 aliphatic rings. The zero-order valence-electron chi connectivity index (χ0n) is 9.58. The van der Waals surface area contributed by atoms with Crippen LogP contribution in [-0.2, 0) is 4.74 Å². The van der Waals surface area contributed by atoms with E-state index in [4.69, 9.17) is 4.74 Å². The van der Waals surface area contributed by atoms with Crippen LogP contribution in [0.5, 0.6) is 0 Å². The largest absolute Gasteiger partial charge is 0.381 e. The summed E-state index contributed by atoms with van der Waals surface area (Å²) in [5.41, 5.74) is 0. The fourth-order valence-electron chi connectivity index (χ4n) is 1.98. The highest BCUT2D eigenvalue weighted by molar-refractivity contribution is 4.97. The van der Waals surface area contributed by atoms with Crippen molar-refractivity contribution in [3.63, 3.8) is 0 Å². The molecule has 0 bridgehead atoms. The number of allylic oxidation sites excluding steroid dienone is 1. The first-order chi connectivity index (χ1) is 7.45. The summed E-state index contributed by atoms with van der Waals surface area (Å²) >= 11 is 0. The van der Waals surface area contributed by atoms with Gasteiger partial charge in [0.25, 0.3) is 0 Å². The Morgan fingerprint density at radius 3 is 2.93 bits per heavy atom. The molecule has 0 aromatic rings. The average Bonchev–Trinajstić information content (AvgIpc) is 3.09. The Bertz CT molecular complexity index is 199. The van der Waals surface area contributed by atoms with Crippen molar-refractivity contribution < 1.29 is 4.74 Å². The highest BCUT2D eigenvalue weighted by Crippen LogP contribution is 2.28. The molecule has 2 nitrogen and oxygen atoms in total. The van der Waals surface area contributed by atoms with Gasteiger partial charge in [-0.2, -0.15) is 0 Å². The Morgan fingerprint density at radius 1 is 1.27 bits per heavy atom. The molecule has 1 N–H and O–H groups in total. The molecule has 0 spiro atoms. The van der Waals surface area contributed by atoms with Crippen LogP contribution < -0.4 is 5.32 Å². The molecule has 0 aliphatic heterocycles. The van der Waals surface area contributed by atoms with Crippen molar-refractivity contribution in [3.05, 3.63) is 12.2 Å². The third kappa shape index (κ3) is 4.80. The van der Waals surface area contributed by atoms with Crippen LogP contribution in [0.3, 0.4) is 0 Å². The molecule has 0 amide bonds. The van der Waals surface area contributed by atoms with Crippen molar-refractivity contribution in [1.82, 2.24) is 5.32 Å². The molecule has 2 heteroatoms. The second-order valence-corrected chi connectivity index (χ2v) is 4.79. The van der Waals surface area contributed by atoms with E-state index in [1.54, 1.807) is 0 Å². The molecule has 15 heavy (non-hydrogen) atoms. The summed E-state index contributed by atoms with van der Waals surface area (Å²) in [5, 5.41) is 3.56. The predicted molar refractivity (Wildman–Crippen MR) is 62.9 cm³/mol. The van der Waals surface area contributed by atoms with Gasteiger partial charge in [0, 0.05) is 19.3 Å². The summed E-state index contributed by atoms with van der Waals surface area (Å²) < 4.78 is 5.59. The highest BCUT2D eigenvalue weighted by atomic mass is 16.5. The van der Waals surface area contributed by atoms with Gasteiger partial charge >= 0.3 is 0 Å². The van der Waals surface area contributed by atoms with Gasteiger partial charge < -0.3 is 10.1 Å². The molecule has 0 radical (unpaired) electrons. The number of rotatable bonds is 7. The molecule has 1 atom stereocenters. The van der Waals surface area contributed by atoms with Gasteiger partial charge in [0.15, 0.2) is 0 Å². The van der Waals surface area contributed by atoms with Crippen molar-refractivity contribution in [2.24, 2.45) is 5.92 Å². The van der Waals surface area contributed by atoms with Crippen LogP contribution in [0, 0.1) is 5.92 Å². The second kappa shape index (κ2) is 6.29. The van der Waals surface area contributed by atoms with E-state index in [1.165, 1.54) is 32.1 Å². The molecule has 1 saturated carbocycles. The number of ether oxygens (including phenoxy) is 1. The van der Waals surface area contributed by atoms with Gasteiger partial charge in [-0.1, -0.05) is 12.2 Å². The molecule has 0 aromatic heterocycles. The van der Waals surface area contributed by atoms with Crippen molar-refractivity contribution in [2.45, 2.75) is 44.6 Å². The Balaban J connectivity index is 1.40. The first kappa shape index (κ1) is 11.2. The minimum absolute atomic E-state index is 0.627. The van der Waals surface area contributed by atoms with Crippen LogP contribution in [0.15, 0.2) is 12.2 Å². The third-order valence-electron chi connectivity index (χ3n) is 3.18. The first-order valence-corrected chi connectivity index (χ1v) is 6.43. The molecule has 0 heterocycles. The van der Waals surface area contributed by atoms with Gasteiger partial charge in [-0.15, -0.1) is 0 Å². The van der Waals surface area contributed by atoms with E-state index in [1.807, 2.05) is 0 Å². The van der Waals surface area contributed by atoms with Crippen molar-refractivity contribution >= 4 is 0 Å². The average molecular weight is 209 g/mol. The maximum absolute atomic E-state index is 5.59. The first-order valence-electron chi connectivity index (χ1n) is 6.43. The molecule has 86 valence electrons. The van der Waals surface area contributed by atoms with Gasteiger partial charge in [0.2, 0.25) is 0 Å². The highest BCUT2D eigenvalue weighted by Gasteiger charge is 2.20. The molecule has 1 fully saturated rings. The zero-order valence-corrected chi connectivity index (χ0v) is 9.58. The molecule has 2 aliphatic carbocycles. The fourth-order valence-corrected chi connectivity index (χ4v) is 1.98. The van der Waals surface area contributed by atoms with Crippen LogP contribution >= 0.6 is 0 Å². The van der Waals surface area contributed by atoms with E-state index in [2.05, 4.69) is 17.5 Å². The standard InChI is InChI=1S/C13H23NO/c1-2-5-13(6-3-1)14-9-4-10-15-11-12-7-8-12/h2,5,12-14H,1,3-4,6-11H2. The smallest absolute Gasteiger partial charge is 0.0494 e. The lowest BCUT2D eigenvalue weighted by atomic mass is 10.0. The van der Waals surface area contributed by atoms with E-state index in [0.717, 1.165) is 32.1 Å².